The van der Waals surface area contributed by atoms with Crippen LogP contribution < -0.4 is 24.8 Å². The van der Waals surface area contributed by atoms with E-state index < -0.39 is 0 Å². The first-order valence-electron chi connectivity index (χ1n) is 9.12. The van der Waals surface area contributed by atoms with E-state index in [0.29, 0.717) is 36.6 Å². The van der Waals surface area contributed by atoms with Crippen molar-refractivity contribution in [2.24, 2.45) is 0 Å². The quantitative estimate of drug-likeness (QED) is 0.763. The Kier molecular flexibility index (Phi) is 6.36. The van der Waals surface area contributed by atoms with Crippen molar-refractivity contribution in [3.63, 3.8) is 0 Å². The molecule has 6 nitrogen and oxygen atoms in total. The highest BCUT2D eigenvalue weighted by atomic mass is 19.1. The molecular weight excluding hydrogens is 363 g/mol. The van der Waals surface area contributed by atoms with Crippen LogP contribution in [0.1, 0.15) is 30.0 Å². The molecule has 2 aromatic carbocycles. The van der Waals surface area contributed by atoms with Gasteiger partial charge >= 0.3 is 0 Å². The van der Waals surface area contributed by atoms with Crippen LogP contribution >= 0.6 is 0 Å². The summed E-state index contributed by atoms with van der Waals surface area (Å²) in [6, 6.07) is 9.63. The number of piperidine rings is 1. The van der Waals surface area contributed by atoms with Crippen molar-refractivity contribution < 1.29 is 23.4 Å². The molecule has 0 spiro atoms. The lowest BCUT2D eigenvalue weighted by atomic mass is 9.91. The van der Waals surface area contributed by atoms with E-state index in [1.165, 1.54) is 12.1 Å². The van der Waals surface area contributed by atoms with Crippen LogP contribution in [0.4, 0.5) is 4.39 Å². The van der Waals surface area contributed by atoms with Gasteiger partial charge in [0.15, 0.2) is 11.5 Å². The Balaban J connectivity index is 1.81. The Morgan fingerprint density at radius 3 is 2.46 bits per heavy atom. The molecule has 1 amide bonds. The highest BCUT2D eigenvalue weighted by molar-refractivity contribution is 5.77. The average molecular weight is 388 g/mol. The first kappa shape index (κ1) is 19.9. The van der Waals surface area contributed by atoms with Crippen molar-refractivity contribution in [1.29, 1.82) is 0 Å². The maximum Gasteiger partial charge on any atom is 0.220 e. The second-order valence-electron chi connectivity index (χ2n) is 6.65. The maximum atomic E-state index is 13.7. The van der Waals surface area contributed by atoms with E-state index >= 15 is 0 Å². The van der Waals surface area contributed by atoms with Crippen LogP contribution in [-0.2, 0) is 11.3 Å². The molecule has 0 aliphatic carbocycles. The zero-order valence-electron chi connectivity index (χ0n) is 16.3. The number of hydrogen-bond donors (Lipinski definition) is 2. The molecule has 0 bridgehead atoms. The van der Waals surface area contributed by atoms with Gasteiger partial charge in [-0.15, -0.1) is 0 Å². The van der Waals surface area contributed by atoms with Crippen molar-refractivity contribution in [1.82, 2.24) is 10.6 Å². The summed E-state index contributed by atoms with van der Waals surface area (Å²) in [5.41, 5.74) is 1.64. The number of carbonyl (C=O) groups excluding carboxylic acids is 1. The number of ether oxygens (including phenoxy) is 3. The van der Waals surface area contributed by atoms with E-state index in [9.17, 15) is 9.18 Å². The number of rotatable bonds is 7. The van der Waals surface area contributed by atoms with Crippen LogP contribution in [0.25, 0.3) is 0 Å². The summed E-state index contributed by atoms with van der Waals surface area (Å²) in [4.78, 5) is 11.9. The average Bonchev–Trinajstić information content (AvgIpc) is 2.72. The summed E-state index contributed by atoms with van der Waals surface area (Å²) in [7, 11) is 4.75. The van der Waals surface area contributed by atoms with Gasteiger partial charge in [-0.2, -0.15) is 0 Å². The molecule has 1 fully saturated rings. The smallest absolute Gasteiger partial charge is 0.220 e. The molecule has 0 radical (unpaired) electrons. The lowest BCUT2D eigenvalue weighted by Gasteiger charge is -2.33. The van der Waals surface area contributed by atoms with Gasteiger partial charge in [0.25, 0.3) is 0 Å². The molecule has 2 atom stereocenters. The van der Waals surface area contributed by atoms with Crippen LogP contribution in [0.5, 0.6) is 17.2 Å². The molecule has 28 heavy (non-hydrogen) atoms. The van der Waals surface area contributed by atoms with Crippen molar-refractivity contribution in [3.05, 3.63) is 53.3 Å². The number of nitrogens with one attached hydrogen (secondary N) is 2. The molecule has 0 saturated carbocycles. The molecule has 150 valence electrons. The number of hydrogen-bond acceptors (Lipinski definition) is 5. The zero-order valence-corrected chi connectivity index (χ0v) is 16.3. The predicted molar refractivity (Wildman–Crippen MR) is 103 cm³/mol. The highest BCUT2D eigenvalue weighted by Crippen LogP contribution is 2.35. The fourth-order valence-corrected chi connectivity index (χ4v) is 3.51. The number of carbonyl (C=O) groups is 1. The van der Waals surface area contributed by atoms with E-state index in [4.69, 9.17) is 14.2 Å². The van der Waals surface area contributed by atoms with E-state index in [1.54, 1.807) is 33.5 Å². The molecule has 1 aliphatic heterocycles. The third-order valence-corrected chi connectivity index (χ3v) is 4.95. The van der Waals surface area contributed by atoms with Crippen LogP contribution in [0.3, 0.4) is 0 Å². The molecule has 0 unspecified atom stereocenters. The zero-order chi connectivity index (χ0) is 20.1. The molecule has 1 saturated heterocycles. The lowest BCUT2D eigenvalue weighted by molar-refractivity contribution is -0.123. The second-order valence-corrected chi connectivity index (χ2v) is 6.65. The van der Waals surface area contributed by atoms with Gasteiger partial charge in [-0.25, -0.2) is 4.39 Å². The summed E-state index contributed by atoms with van der Waals surface area (Å²) in [6.07, 6.45) is 1.08. The Labute approximate surface area is 164 Å². The van der Waals surface area contributed by atoms with E-state index in [2.05, 4.69) is 10.6 Å². The predicted octanol–water partition coefficient (Wildman–Crippen LogP) is 2.96. The summed E-state index contributed by atoms with van der Waals surface area (Å²) in [6.45, 7) is 0.496. The minimum absolute atomic E-state index is 0.0315. The second kappa shape index (κ2) is 8.93. The molecule has 0 aromatic heterocycles. The molecular formula is C21H25FN2O4. The number of benzene rings is 2. The first-order chi connectivity index (χ1) is 13.5. The molecule has 1 heterocycles. The summed E-state index contributed by atoms with van der Waals surface area (Å²) < 4.78 is 29.8. The van der Waals surface area contributed by atoms with E-state index in [-0.39, 0.29) is 23.8 Å². The Morgan fingerprint density at radius 1 is 1.07 bits per heavy atom. The van der Waals surface area contributed by atoms with Crippen molar-refractivity contribution in [3.8, 4) is 17.2 Å². The fraction of sp³-hybridized carbons (Fsp3) is 0.381. The minimum atomic E-state index is -0.322. The number of halogens is 1. The summed E-state index contributed by atoms with van der Waals surface area (Å²) in [5, 5.41) is 6.45. The van der Waals surface area contributed by atoms with Crippen LogP contribution in [-0.4, -0.2) is 33.3 Å². The molecule has 2 aromatic rings. The van der Waals surface area contributed by atoms with Gasteiger partial charge in [0.05, 0.1) is 27.4 Å². The molecule has 2 N–H and O–H groups in total. The summed E-state index contributed by atoms with van der Waals surface area (Å²) in [5.74, 6) is 1.52. The van der Waals surface area contributed by atoms with Crippen LogP contribution in [0.2, 0.25) is 0 Å². The minimum Gasteiger partial charge on any atom is -0.496 e. The monoisotopic (exact) mass is 388 g/mol. The Hall–Kier alpha value is -2.80. The van der Waals surface area contributed by atoms with Gasteiger partial charge in [0.2, 0.25) is 5.91 Å². The number of methoxy groups -OCH3 is 3. The molecule has 7 heteroatoms. The lowest BCUT2D eigenvalue weighted by Crippen LogP contribution is -2.48. The van der Waals surface area contributed by atoms with Crippen molar-refractivity contribution >= 4 is 5.91 Å². The van der Waals surface area contributed by atoms with Crippen LogP contribution in [0.15, 0.2) is 36.4 Å². The van der Waals surface area contributed by atoms with Gasteiger partial charge in [0.1, 0.15) is 11.6 Å². The SMILES string of the molecule is COc1cc(OC)c(OC)cc1CN[C@@H]1CCC(=O)N[C@H]1c1cccc(F)c1. The van der Waals surface area contributed by atoms with Crippen LogP contribution in [0, 0.1) is 5.82 Å². The topological polar surface area (TPSA) is 68.8 Å². The molecule has 1 aliphatic rings. The molecule has 3 rings (SSSR count). The van der Waals surface area contributed by atoms with Gasteiger partial charge in [-0.1, -0.05) is 12.1 Å². The third-order valence-electron chi connectivity index (χ3n) is 4.95. The fourth-order valence-electron chi connectivity index (χ4n) is 3.51. The third kappa shape index (κ3) is 4.36. The maximum absolute atomic E-state index is 13.7. The standard InChI is InChI=1S/C21H25FN2O4/c1-26-17-11-19(28-3)18(27-2)10-14(17)12-23-16-7-8-20(25)24-21(16)13-5-4-6-15(22)9-13/h4-6,9-11,16,21,23H,7-8,12H2,1-3H3,(H,24,25)/t16-,21+/m1/s1. The summed E-state index contributed by atoms with van der Waals surface area (Å²) >= 11 is 0. The normalized spacial score (nSPS) is 19.1. The van der Waals surface area contributed by atoms with Crippen molar-refractivity contribution in [2.75, 3.05) is 21.3 Å². The highest BCUT2D eigenvalue weighted by Gasteiger charge is 2.30. The van der Waals surface area contributed by atoms with E-state index in [1.807, 2.05) is 12.1 Å². The van der Waals surface area contributed by atoms with Crippen molar-refractivity contribution in [2.45, 2.75) is 31.5 Å². The number of amides is 1. The van der Waals surface area contributed by atoms with Gasteiger partial charge in [-0.3, -0.25) is 4.79 Å². The Bertz CT molecular complexity index is 843. The largest absolute Gasteiger partial charge is 0.496 e. The van der Waals surface area contributed by atoms with Gasteiger partial charge in [0, 0.05) is 30.6 Å². The first-order valence-corrected chi connectivity index (χ1v) is 9.12. The Morgan fingerprint density at radius 2 is 1.79 bits per heavy atom. The van der Waals surface area contributed by atoms with Gasteiger partial charge < -0.3 is 24.8 Å². The van der Waals surface area contributed by atoms with E-state index in [0.717, 1.165) is 11.1 Å². The van der Waals surface area contributed by atoms with Gasteiger partial charge in [-0.05, 0) is 30.2 Å².